The van der Waals surface area contributed by atoms with Crippen molar-refractivity contribution >= 4 is 32.7 Å². The lowest BCUT2D eigenvalue weighted by Crippen LogP contribution is -2.51. The van der Waals surface area contributed by atoms with Crippen molar-refractivity contribution in [2.24, 2.45) is 0 Å². The Labute approximate surface area is 176 Å². The molecule has 164 valence electrons. The van der Waals surface area contributed by atoms with E-state index in [-0.39, 0.29) is 48.4 Å². The smallest absolute Gasteiger partial charge is 0.252 e. The zero-order chi connectivity index (χ0) is 22.2. The SMILES string of the molecule is CC(NC(=O)c1cc(C(C)C)nc2c1cnn2C(C)C)C(=O)N1CCS(=O)(=O)CC1. The number of rotatable bonds is 5. The summed E-state index contributed by atoms with van der Waals surface area (Å²) in [6.07, 6.45) is 1.63. The Kier molecular flexibility index (Phi) is 6.16. The van der Waals surface area contributed by atoms with Crippen LogP contribution in [0.2, 0.25) is 0 Å². The van der Waals surface area contributed by atoms with E-state index in [0.29, 0.717) is 16.6 Å². The van der Waals surface area contributed by atoms with Gasteiger partial charge in [-0.1, -0.05) is 13.8 Å². The molecule has 0 aliphatic carbocycles. The van der Waals surface area contributed by atoms with Gasteiger partial charge in [0.1, 0.15) is 6.04 Å². The molecule has 2 aromatic heterocycles. The Balaban J connectivity index is 1.85. The number of aromatic nitrogens is 3. The number of amides is 2. The molecule has 10 heteroatoms. The van der Waals surface area contributed by atoms with E-state index in [4.69, 9.17) is 0 Å². The Bertz CT molecular complexity index is 1060. The average molecular weight is 436 g/mol. The number of hydrogen-bond donors (Lipinski definition) is 1. The van der Waals surface area contributed by atoms with Crippen LogP contribution >= 0.6 is 0 Å². The molecule has 0 saturated carbocycles. The lowest BCUT2D eigenvalue weighted by atomic mass is 10.0. The Hall–Kier alpha value is -2.49. The van der Waals surface area contributed by atoms with E-state index in [9.17, 15) is 18.0 Å². The van der Waals surface area contributed by atoms with Gasteiger partial charge in [-0.15, -0.1) is 0 Å². The summed E-state index contributed by atoms with van der Waals surface area (Å²) >= 11 is 0. The fourth-order valence-electron chi connectivity index (χ4n) is 3.44. The summed E-state index contributed by atoms with van der Waals surface area (Å²) in [6.45, 7) is 9.91. The Morgan fingerprint density at radius 2 is 1.73 bits per heavy atom. The maximum Gasteiger partial charge on any atom is 0.252 e. The van der Waals surface area contributed by atoms with Crippen LogP contribution < -0.4 is 5.32 Å². The molecule has 0 spiro atoms. The van der Waals surface area contributed by atoms with Gasteiger partial charge in [-0.2, -0.15) is 5.10 Å². The van der Waals surface area contributed by atoms with Gasteiger partial charge < -0.3 is 10.2 Å². The highest BCUT2D eigenvalue weighted by atomic mass is 32.2. The summed E-state index contributed by atoms with van der Waals surface area (Å²) in [6, 6.07) is 1.06. The molecule has 1 aliphatic rings. The van der Waals surface area contributed by atoms with Crippen molar-refractivity contribution in [3.63, 3.8) is 0 Å². The van der Waals surface area contributed by atoms with Crippen molar-refractivity contribution in [2.75, 3.05) is 24.6 Å². The van der Waals surface area contributed by atoms with Crippen LogP contribution in [0.1, 0.15) is 62.6 Å². The highest BCUT2D eigenvalue weighted by Gasteiger charge is 2.29. The molecule has 1 saturated heterocycles. The van der Waals surface area contributed by atoms with E-state index >= 15 is 0 Å². The maximum atomic E-state index is 13.1. The summed E-state index contributed by atoms with van der Waals surface area (Å²) < 4.78 is 25.0. The first-order valence-corrected chi connectivity index (χ1v) is 12.0. The predicted molar refractivity (Wildman–Crippen MR) is 114 cm³/mol. The molecule has 2 aromatic rings. The van der Waals surface area contributed by atoms with Crippen LogP contribution in [0.25, 0.3) is 11.0 Å². The van der Waals surface area contributed by atoms with Crippen LogP contribution in [0.15, 0.2) is 12.3 Å². The second-order valence-electron chi connectivity index (χ2n) is 8.34. The number of sulfone groups is 1. The van der Waals surface area contributed by atoms with Gasteiger partial charge in [0.25, 0.3) is 5.91 Å². The molecule has 0 aromatic carbocycles. The molecule has 0 bridgehead atoms. The molecule has 3 rings (SSSR count). The molecule has 1 N–H and O–H groups in total. The van der Waals surface area contributed by atoms with E-state index < -0.39 is 15.9 Å². The lowest BCUT2D eigenvalue weighted by Gasteiger charge is -2.29. The molecule has 30 heavy (non-hydrogen) atoms. The summed E-state index contributed by atoms with van der Waals surface area (Å²) in [4.78, 5) is 31.9. The number of carbonyl (C=O) groups is 2. The second kappa shape index (κ2) is 8.33. The number of fused-ring (bicyclic) bond motifs is 1. The summed E-state index contributed by atoms with van der Waals surface area (Å²) in [7, 11) is -3.08. The van der Waals surface area contributed by atoms with Crippen molar-refractivity contribution in [3.05, 3.63) is 23.5 Å². The number of hydrogen-bond acceptors (Lipinski definition) is 6. The van der Waals surface area contributed by atoms with Gasteiger partial charge in [0.15, 0.2) is 15.5 Å². The van der Waals surface area contributed by atoms with Crippen molar-refractivity contribution in [1.29, 1.82) is 0 Å². The van der Waals surface area contributed by atoms with E-state index in [1.165, 1.54) is 4.90 Å². The third kappa shape index (κ3) is 4.48. The van der Waals surface area contributed by atoms with Crippen LogP contribution in [-0.2, 0) is 14.6 Å². The fourth-order valence-corrected chi connectivity index (χ4v) is 4.64. The highest BCUT2D eigenvalue weighted by molar-refractivity contribution is 7.91. The van der Waals surface area contributed by atoms with Crippen molar-refractivity contribution in [1.82, 2.24) is 25.0 Å². The monoisotopic (exact) mass is 435 g/mol. The first-order valence-electron chi connectivity index (χ1n) is 10.2. The molecule has 0 radical (unpaired) electrons. The van der Waals surface area contributed by atoms with E-state index in [1.54, 1.807) is 23.9 Å². The second-order valence-corrected chi connectivity index (χ2v) is 10.6. The van der Waals surface area contributed by atoms with Crippen LogP contribution in [0, 0.1) is 0 Å². The minimum atomic E-state index is -3.08. The topological polar surface area (TPSA) is 114 Å². The Morgan fingerprint density at radius 1 is 1.10 bits per heavy atom. The molecular formula is C20H29N5O4S. The third-order valence-corrected chi connectivity index (χ3v) is 6.90. The van der Waals surface area contributed by atoms with E-state index in [0.717, 1.165) is 5.69 Å². The zero-order valence-electron chi connectivity index (χ0n) is 18.0. The number of carbonyl (C=O) groups excluding carboxylic acids is 2. The highest BCUT2D eigenvalue weighted by Crippen LogP contribution is 2.24. The normalized spacial score (nSPS) is 17.5. The molecule has 1 atom stereocenters. The third-order valence-electron chi connectivity index (χ3n) is 5.29. The lowest BCUT2D eigenvalue weighted by molar-refractivity contribution is -0.132. The van der Waals surface area contributed by atoms with Crippen LogP contribution in [0.5, 0.6) is 0 Å². The minimum Gasteiger partial charge on any atom is -0.340 e. The maximum absolute atomic E-state index is 13.1. The van der Waals surface area contributed by atoms with Crippen LogP contribution in [0.3, 0.4) is 0 Å². The summed E-state index contributed by atoms with van der Waals surface area (Å²) in [5.74, 6) is -0.637. The molecule has 1 aliphatic heterocycles. The van der Waals surface area contributed by atoms with Crippen molar-refractivity contribution in [3.8, 4) is 0 Å². The minimum absolute atomic E-state index is 0.0451. The van der Waals surface area contributed by atoms with Gasteiger partial charge in [0.05, 0.1) is 28.7 Å². The van der Waals surface area contributed by atoms with Crippen LogP contribution in [-0.4, -0.2) is 70.5 Å². The van der Waals surface area contributed by atoms with Gasteiger partial charge in [0, 0.05) is 24.8 Å². The van der Waals surface area contributed by atoms with Gasteiger partial charge in [0.2, 0.25) is 5.91 Å². The van der Waals surface area contributed by atoms with Gasteiger partial charge >= 0.3 is 0 Å². The first-order chi connectivity index (χ1) is 14.0. The molecular weight excluding hydrogens is 406 g/mol. The van der Waals surface area contributed by atoms with Gasteiger partial charge in [-0.3, -0.25) is 9.59 Å². The fraction of sp³-hybridized carbons (Fsp3) is 0.600. The number of nitrogens with one attached hydrogen (secondary N) is 1. The molecule has 1 fully saturated rings. The molecule has 3 heterocycles. The molecule has 9 nitrogen and oxygen atoms in total. The van der Waals surface area contributed by atoms with E-state index in [1.807, 2.05) is 27.7 Å². The predicted octanol–water partition coefficient (Wildman–Crippen LogP) is 1.51. The van der Waals surface area contributed by atoms with Crippen LogP contribution in [0.4, 0.5) is 0 Å². The zero-order valence-corrected chi connectivity index (χ0v) is 18.9. The standard InChI is InChI=1S/C20H29N5O4S/c1-12(2)17-10-15(16-11-21-25(13(3)4)18(16)23-17)19(26)22-14(5)20(27)24-6-8-30(28,29)9-7-24/h10-14H,6-9H2,1-5H3,(H,22,26). The largest absolute Gasteiger partial charge is 0.340 e. The quantitative estimate of drug-likeness (QED) is 0.761. The number of pyridine rings is 1. The van der Waals surface area contributed by atoms with Gasteiger partial charge in [-0.25, -0.2) is 18.1 Å². The van der Waals surface area contributed by atoms with Gasteiger partial charge in [-0.05, 0) is 32.8 Å². The van der Waals surface area contributed by atoms with Crippen molar-refractivity contribution in [2.45, 2.75) is 52.6 Å². The average Bonchev–Trinajstić information content (AvgIpc) is 3.10. The summed E-state index contributed by atoms with van der Waals surface area (Å²) in [5.41, 5.74) is 1.84. The number of nitrogens with zero attached hydrogens (tertiary/aromatic N) is 4. The molecule has 2 amide bonds. The Morgan fingerprint density at radius 3 is 2.30 bits per heavy atom. The van der Waals surface area contributed by atoms with Crippen molar-refractivity contribution < 1.29 is 18.0 Å². The summed E-state index contributed by atoms with van der Waals surface area (Å²) in [5, 5.41) is 7.78. The first kappa shape index (κ1) is 22.2. The molecule has 1 unspecified atom stereocenters. The van der Waals surface area contributed by atoms with E-state index in [2.05, 4.69) is 15.4 Å².